The first kappa shape index (κ1) is 82.8. The van der Waals surface area contributed by atoms with Crippen LogP contribution in [0.1, 0.15) is 79.9 Å². The molecule has 32 heteroatoms. The van der Waals surface area contributed by atoms with E-state index < -0.39 is 58.5 Å². The lowest BCUT2D eigenvalue weighted by Crippen LogP contribution is -2.67. The number of nitrogens with zero attached hydrogens (tertiary/aromatic N) is 12. The van der Waals surface area contributed by atoms with Crippen LogP contribution in [0, 0.1) is 22.9 Å². The fourth-order valence-corrected chi connectivity index (χ4v) is 16.9. The van der Waals surface area contributed by atoms with Gasteiger partial charge in [-0.2, -0.15) is 15.0 Å². The van der Waals surface area contributed by atoms with Crippen LogP contribution in [0.2, 0.25) is 0 Å². The first-order valence-corrected chi connectivity index (χ1v) is 42.0. The molecule has 15 aromatic rings. The molecule has 7 N–H and O–H groups in total. The van der Waals surface area contributed by atoms with Gasteiger partial charge in [0, 0.05) is 108 Å². The Morgan fingerprint density at radius 1 is 0.450 bits per heavy atom. The van der Waals surface area contributed by atoms with Crippen LogP contribution in [-0.4, -0.2) is 178 Å². The second-order valence-corrected chi connectivity index (χ2v) is 32.2. The average molecular weight is 1730 g/mol. The number of halogens is 3. The number of anilines is 9. The maximum atomic E-state index is 17.1. The van der Waals surface area contributed by atoms with Crippen molar-refractivity contribution in [2.24, 2.45) is 5.41 Å². The number of aromatic nitrogens is 9. The highest BCUT2D eigenvalue weighted by Crippen LogP contribution is 2.53. The molecule has 0 aliphatic carbocycles. The van der Waals surface area contributed by atoms with E-state index in [1.54, 1.807) is 188 Å². The Bertz CT molecular complexity index is 6770. The van der Waals surface area contributed by atoms with Gasteiger partial charge in [0.15, 0.2) is 16.9 Å². The monoisotopic (exact) mass is 1730 g/mol. The van der Waals surface area contributed by atoms with Crippen molar-refractivity contribution in [3.63, 3.8) is 0 Å². The summed E-state index contributed by atoms with van der Waals surface area (Å²) < 4.78 is 75.2. The normalized spacial score (nSPS) is 14.9. The quantitative estimate of drug-likeness (QED) is 0.0239. The summed E-state index contributed by atoms with van der Waals surface area (Å²) in [6, 6.07) is 61.2. The SMILES string of the molecule is CCOc1cc(C(=O)N2CC(O)C2)ccc1Nc1nc2ccc(-c3ccc(NC(=O)C(c4ccc(F)cc4)C(C(=O)Nc4ccc(-c5ccc6nc(Nc7ccc(C(=O)N8CCC8)cc7OC)nn6c5)cc4)(c4ccc(F)cc4)C(C(=O)Nc4ccc(-c5ccc6nc(Nc7ccc(C(=O)N8CC9(COC9)C8)cc7OCC)nn6c5)cc4)c4ccc(F)cc4)cc3)cn2n1. The second-order valence-electron chi connectivity index (χ2n) is 32.2. The van der Waals surface area contributed by atoms with Crippen molar-refractivity contribution in [1.29, 1.82) is 0 Å². The number of amides is 6. The maximum absolute atomic E-state index is 17.1. The first-order chi connectivity index (χ1) is 62.7. The smallest absolute Gasteiger partial charge is 0.254 e. The van der Waals surface area contributed by atoms with Crippen molar-refractivity contribution < 1.29 is 66.0 Å². The maximum Gasteiger partial charge on any atom is 0.254 e. The van der Waals surface area contributed by atoms with Crippen molar-refractivity contribution in [1.82, 2.24) is 58.5 Å². The van der Waals surface area contributed by atoms with E-state index in [-0.39, 0.29) is 87.8 Å². The van der Waals surface area contributed by atoms with E-state index in [1.807, 2.05) is 36.9 Å². The van der Waals surface area contributed by atoms with Gasteiger partial charge in [0.25, 0.3) is 17.7 Å². The van der Waals surface area contributed by atoms with Gasteiger partial charge in [0.2, 0.25) is 35.6 Å². The third kappa shape index (κ3) is 16.6. The first-order valence-electron chi connectivity index (χ1n) is 42.0. The number of ether oxygens (including phenoxy) is 4. The Labute approximate surface area is 735 Å². The third-order valence-corrected chi connectivity index (χ3v) is 23.7. The molecule has 0 bridgehead atoms. The second kappa shape index (κ2) is 34.6. The van der Waals surface area contributed by atoms with Crippen LogP contribution in [0.4, 0.5) is 65.1 Å². The molecule has 3 atom stereocenters. The number of β-amino-alcohol motifs (C(OH)–C–C–N with tert-alkyl or cyclic N) is 1. The zero-order chi connectivity index (χ0) is 88.8. The Morgan fingerprint density at radius 2 is 0.814 bits per heavy atom. The molecule has 29 nitrogen and oxygen atoms in total. The number of aliphatic hydroxyl groups excluding tert-OH is 1. The minimum atomic E-state index is -2.60. The van der Waals surface area contributed by atoms with Crippen LogP contribution in [0.3, 0.4) is 0 Å². The Morgan fingerprint density at radius 3 is 1.18 bits per heavy atom. The molecule has 0 radical (unpaired) electrons. The highest BCUT2D eigenvalue weighted by Gasteiger charge is 2.60. The summed E-state index contributed by atoms with van der Waals surface area (Å²) in [5.41, 5.74) is 6.51. The number of carbonyl (C=O) groups excluding carboxylic acids is 6. The van der Waals surface area contributed by atoms with Gasteiger partial charge >= 0.3 is 0 Å². The standard InChI is InChI=1S/C97H83F3N18O11/c1-4-128-80-46-63(90(123)114-51-75(119)52-114)18-38-77(80)105-94-108-83-41-20-65(48-117(83)111-94)57-11-31-72(32-12-57)101-87(120)85(60-7-25-69(98)26-8-60)97(68-23-29-71(100)30-24-68,92(125)103-74-35-15-59(16-36-74)67-22-40-82-107-93(110-116(82)50-67)104-76-37-17-62(45-79(76)126-3)89(122)113-43-6-44-113)86(61-9-27-70(99)28-10-61)88(121)102-73-33-13-58(14-34-73)66-21-42-84-109-95(112-118(84)49-66)106-78-39-19-64(47-81(78)129-5-2)91(124)115-53-96(54-115)55-127-56-96/h7-42,45-50,75,85-86,119H,4-6,43-44,51-56H2,1-3H3,(H,101,120)(H,102,121)(H,103,125)(H,104,110)(H,105,111)(H,106,112). The number of fused-ring (bicyclic) bond motifs is 3. The Kier molecular flexibility index (Phi) is 22.2. The van der Waals surface area contributed by atoms with E-state index in [0.717, 1.165) is 42.8 Å². The molecular formula is C97H83F3N18O11. The van der Waals surface area contributed by atoms with Gasteiger partial charge in [-0.15, -0.1) is 15.3 Å². The molecule has 4 aliphatic heterocycles. The van der Waals surface area contributed by atoms with Crippen molar-refractivity contribution in [2.75, 3.05) is 105 Å². The zero-order valence-corrected chi connectivity index (χ0v) is 69.8. The van der Waals surface area contributed by atoms with Crippen LogP contribution in [0.15, 0.2) is 255 Å². The summed E-state index contributed by atoms with van der Waals surface area (Å²) in [6.07, 6.45) is 5.69. The van der Waals surface area contributed by atoms with Crippen LogP contribution in [0.25, 0.3) is 50.3 Å². The molecule has 10 heterocycles. The van der Waals surface area contributed by atoms with Gasteiger partial charge in [0.05, 0.1) is 74.0 Å². The summed E-state index contributed by atoms with van der Waals surface area (Å²) in [4.78, 5) is 109. The van der Waals surface area contributed by atoms with E-state index in [0.29, 0.717) is 154 Å². The number of benzene rings is 9. The minimum Gasteiger partial charge on any atom is -0.495 e. The molecule has 129 heavy (non-hydrogen) atoms. The van der Waals surface area contributed by atoms with E-state index in [2.05, 4.69) is 31.9 Å². The van der Waals surface area contributed by atoms with Gasteiger partial charge in [-0.05, 0) is 217 Å². The van der Waals surface area contributed by atoms with Gasteiger partial charge in [-0.3, -0.25) is 28.8 Å². The fraction of sp³-hybridized carbons (Fsp3) is 0.196. The highest BCUT2D eigenvalue weighted by atomic mass is 19.1. The van der Waals surface area contributed by atoms with Gasteiger partial charge in [0.1, 0.15) is 40.1 Å². The summed E-state index contributed by atoms with van der Waals surface area (Å²) in [7, 11) is 1.51. The summed E-state index contributed by atoms with van der Waals surface area (Å²) in [5.74, 6) is -7.09. The molecule has 648 valence electrons. The molecule has 19 rings (SSSR count). The van der Waals surface area contributed by atoms with Gasteiger partial charge in [-0.25, -0.2) is 26.7 Å². The zero-order valence-electron chi connectivity index (χ0n) is 69.8. The number of nitrogens with one attached hydrogen (secondary N) is 6. The van der Waals surface area contributed by atoms with E-state index in [4.69, 9.17) is 49.2 Å². The number of carbonyl (C=O) groups is 6. The van der Waals surface area contributed by atoms with Gasteiger partial charge in [-0.1, -0.05) is 72.8 Å². The molecule has 4 fully saturated rings. The predicted octanol–water partition coefficient (Wildman–Crippen LogP) is 15.1. The molecule has 6 amide bonds. The van der Waals surface area contributed by atoms with Crippen molar-refractivity contribution in [2.45, 2.75) is 43.6 Å². The largest absolute Gasteiger partial charge is 0.495 e. The molecule has 6 aromatic heterocycles. The number of likely N-dealkylation sites (tertiary alicyclic amines) is 3. The van der Waals surface area contributed by atoms with Crippen molar-refractivity contribution in [3.8, 4) is 50.6 Å². The highest BCUT2D eigenvalue weighted by molar-refractivity contribution is 6.13. The van der Waals surface area contributed by atoms with E-state index in [1.165, 1.54) is 43.5 Å². The number of aliphatic hydroxyl groups is 1. The number of hydrogen-bond acceptors (Lipinski definition) is 20. The minimum absolute atomic E-state index is 0.0300. The molecular weight excluding hydrogens is 1650 g/mol. The fourth-order valence-electron chi connectivity index (χ4n) is 16.9. The third-order valence-electron chi connectivity index (χ3n) is 23.7. The van der Waals surface area contributed by atoms with Crippen LogP contribution in [0.5, 0.6) is 17.2 Å². The van der Waals surface area contributed by atoms with Crippen LogP contribution >= 0.6 is 0 Å². The number of pyridine rings is 3. The van der Waals surface area contributed by atoms with Gasteiger partial charge < -0.3 is 70.7 Å². The topological polar surface area (TPSA) is 332 Å². The summed E-state index contributed by atoms with van der Waals surface area (Å²) in [5, 5.41) is 42.9. The Balaban J connectivity index is 0.646. The number of methoxy groups -OCH3 is 1. The van der Waals surface area contributed by atoms with E-state index in [9.17, 15) is 19.5 Å². The number of hydrogen-bond donors (Lipinski definition) is 7. The number of rotatable bonds is 28. The average Bonchev–Trinajstić information content (AvgIpc) is 1.32. The van der Waals surface area contributed by atoms with Crippen molar-refractivity contribution >= 4 is 104 Å². The summed E-state index contributed by atoms with van der Waals surface area (Å²) >= 11 is 0. The molecule has 4 aliphatic rings. The van der Waals surface area contributed by atoms with Crippen molar-refractivity contribution in [3.05, 3.63) is 306 Å². The lowest BCUT2D eigenvalue weighted by molar-refractivity contribution is -0.176. The van der Waals surface area contributed by atoms with Crippen LogP contribution < -0.4 is 46.1 Å². The lowest BCUT2D eigenvalue weighted by atomic mass is 9.57. The molecule has 0 saturated carbocycles. The molecule has 3 unspecified atom stereocenters. The predicted molar refractivity (Wildman–Crippen MR) is 477 cm³/mol. The lowest BCUT2D eigenvalue weighted by Gasteiger charge is -2.54. The molecule has 9 aromatic carbocycles. The Hall–Kier alpha value is -15.8. The van der Waals surface area contributed by atoms with Crippen LogP contribution in [-0.2, 0) is 24.5 Å². The molecule has 4 saturated heterocycles. The molecule has 1 spiro atoms. The van der Waals surface area contributed by atoms with E-state index >= 15 is 27.6 Å². The summed E-state index contributed by atoms with van der Waals surface area (Å²) in [6.45, 7) is 8.76.